The lowest BCUT2D eigenvalue weighted by Gasteiger charge is -2.45. The van der Waals surface area contributed by atoms with Gasteiger partial charge in [0.15, 0.2) is 0 Å². The van der Waals surface area contributed by atoms with Crippen LogP contribution in [0.15, 0.2) is 0 Å². The summed E-state index contributed by atoms with van der Waals surface area (Å²) in [4.78, 5) is 23.0. The largest absolute Gasteiger partial charge is 0.369 e. The molecule has 2 fully saturated rings. The zero-order chi connectivity index (χ0) is 12.7. The Labute approximate surface area is 109 Å². The van der Waals surface area contributed by atoms with E-state index in [1.54, 1.807) is 0 Å². The third-order valence-corrected chi connectivity index (χ3v) is 4.62. The van der Waals surface area contributed by atoms with Gasteiger partial charge in [-0.05, 0) is 42.4 Å². The minimum absolute atomic E-state index is 0. The first-order valence-corrected chi connectivity index (χ1v) is 6.63. The zero-order valence-corrected chi connectivity index (χ0v) is 12.1. The van der Waals surface area contributed by atoms with Crippen molar-refractivity contribution in [1.82, 2.24) is 11.5 Å². The first-order chi connectivity index (χ1) is 7.81. The first-order valence-electron chi connectivity index (χ1n) is 6.63. The Hall–Kier alpha value is -0.900. The Kier molecular flexibility index (Phi) is 4.21. The summed E-state index contributed by atoms with van der Waals surface area (Å²) in [5, 5.41) is 2.41. The SMILES string of the molecule is CC(C)(C)C1CCC2(CC1)CC(=O)NC(=O)C2.[NH4+]. The summed E-state index contributed by atoms with van der Waals surface area (Å²) in [6, 6.07) is 0. The van der Waals surface area contributed by atoms with Gasteiger partial charge in [0, 0.05) is 12.8 Å². The van der Waals surface area contributed by atoms with Gasteiger partial charge in [-0.1, -0.05) is 20.8 Å². The van der Waals surface area contributed by atoms with E-state index >= 15 is 0 Å². The van der Waals surface area contributed by atoms with E-state index in [0.29, 0.717) is 18.3 Å². The van der Waals surface area contributed by atoms with Gasteiger partial charge in [0.05, 0.1) is 0 Å². The van der Waals surface area contributed by atoms with Gasteiger partial charge in [-0.3, -0.25) is 14.9 Å². The molecule has 1 heterocycles. The molecule has 1 aliphatic carbocycles. The van der Waals surface area contributed by atoms with E-state index < -0.39 is 0 Å². The monoisotopic (exact) mass is 255 g/mol. The van der Waals surface area contributed by atoms with Crippen molar-refractivity contribution in [3.63, 3.8) is 0 Å². The average Bonchev–Trinajstić information content (AvgIpc) is 2.14. The summed E-state index contributed by atoms with van der Waals surface area (Å²) < 4.78 is 0. The quantitative estimate of drug-likeness (QED) is 0.652. The molecule has 0 radical (unpaired) electrons. The molecule has 5 N–H and O–H groups in total. The molecule has 4 heteroatoms. The van der Waals surface area contributed by atoms with Crippen LogP contribution >= 0.6 is 0 Å². The molecule has 0 aromatic heterocycles. The summed E-state index contributed by atoms with van der Waals surface area (Å²) in [5.74, 6) is 0.583. The highest BCUT2D eigenvalue weighted by Crippen LogP contribution is 2.49. The third-order valence-electron chi connectivity index (χ3n) is 4.62. The van der Waals surface area contributed by atoms with Crippen molar-refractivity contribution in [3.8, 4) is 0 Å². The van der Waals surface area contributed by atoms with Crippen LogP contribution in [0, 0.1) is 16.7 Å². The predicted octanol–water partition coefficient (Wildman–Crippen LogP) is 3.02. The highest BCUT2D eigenvalue weighted by molar-refractivity contribution is 5.98. The summed E-state index contributed by atoms with van der Waals surface area (Å²) in [5.41, 5.74) is 0.337. The van der Waals surface area contributed by atoms with Crippen LogP contribution in [0.2, 0.25) is 0 Å². The van der Waals surface area contributed by atoms with E-state index in [9.17, 15) is 9.59 Å². The summed E-state index contributed by atoms with van der Waals surface area (Å²) in [6.45, 7) is 6.86. The lowest BCUT2D eigenvalue weighted by atomic mass is 9.61. The number of imide groups is 1. The van der Waals surface area contributed by atoms with E-state index in [2.05, 4.69) is 26.1 Å². The van der Waals surface area contributed by atoms with Crippen molar-refractivity contribution in [2.24, 2.45) is 16.7 Å². The molecule has 2 rings (SSSR count). The molecule has 2 aliphatic rings. The van der Waals surface area contributed by atoms with Gasteiger partial charge < -0.3 is 6.15 Å². The fourth-order valence-electron chi connectivity index (χ4n) is 3.44. The third kappa shape index (κ3) is 3.10. The molecule has 0 unspecified atom stereocenters. The van der Waals surface area contributed by atoms with Crippen molar-refractivity contribution in [1.29, 1.82) is 0 Å². The number of hydrogen-bond acceptors (Lipinski definition) is 2. The van der Waals surface area contributed by atoms with Gasteiger partial charge in [0.2, 0.25) is 11.8 Å². The molecule has 18 heavy (non-hydrogen) atoms. The van der Waals surface area contributed by atoms with Gasteiger partial charge in [-0.2, -0.15) is 0 Å². The fourth-order valence-corrected chi connectivity index (χ4v) is 3.44. The highest BCUT2D eigenvalue weighted by atomic mass is 16.2. The number of carbonyl (C=O) groups excluding carboxylic acids is 2. The molecule has 2 amide bonds. The topological polar surface area (TPSA) is 82.7 Å². The Morgan fingerprint density at radius 2 is 1.50 bits per heavy atom. The van der Waals surface area contributed by atoms with Crippen molar-refractivity contribution < 1.29 is 9.59 Å². The van der Waals surface area contributed by atoms with E-state index in [1.165, 1.54) is 0 Å². The van der Waals surface area contributed by atoms with Crippen LogP contribution in [0.25, 0.3) is 0 Å². The maximum atomic E-state index is 11.5. The Morgan fingerprint density at radius 3 is 1.89 bits per heavy atom. The van der Waals surface area contributed by atoms with Crippen LogP contribution in [0.5, 0.6) is 0 Å². The Morgan fingerprint density at radius 1 is 1.06 bits per heavy atom. The lowest BCUT2D eigenvalue weighted by Crippen LogP contribution is -2.46. The fraction of sp³-hybridized carbons (Fsp3) is 0.857. The summed E-state index contributed by atoms with van der Waals surface area (Å²) in [7, 11) is 0. The van der Waals surface area contributed by atoms with Crippen molar-refractivity contribution in [2.45, 2.75) is 59.3 Å². The maximum Gasteiger partial charge on any atom is 0.227 e. The van der Waals surface area contributed by atoms with Gasteiger partial charge in [0.25, 0.3) is 0 Å². The highest BCUT2D eigenvalue weighted by Gasteiger charge is 2.43. The first kappa shape index (κ1) is 15.2. The van der Waals surface area contributed by atoms with E-state index in [-0.39, 0.29) is 23.4 Å². The molecule has 1 aliphatic heterocycles. The molecule has 0 aromatic rings. The Bertz CT molecular complexity index is 318. The summed E-state index contributed by atoms with van der Waals surface area (Å²) >= 11 is 0. The van der Waals surface area contributed by atoms with Crippen LogP contribution in [0.1, 0.15) is 59.3 Å². The van der Waals surface area contributed by atoms with Crippen LogP contribution in [-0.4, -0.2) is 11.8 Å². The molecule has 104 valence electrons. The van der Waals surface area contributed by atoms with E-state index in [1.807, 2.05) is 0 Å². The van der Waals surface area contributed by atoms with Crippen LogP contribution in [0.3, 0.4) is 0 Å². The van der Waals surface area contributed by atoms with Gasteiger partial charge in [-0.15, -0.1) is 0 Å². The molecular weight excluding hydrogens is 228 g/mol. The number of nitrogens with one attached hydrogen (secondary N) is 1. The molecule has 1 saturated heterocycles. The second-order valence-electron chi connectivity index (χ2n) is 6.97. The second-order valence-corrected chi connectivity index (χ2v) is 6.97. The van der Waals surface area contributed by atoms with Crippen molar-refractivity contribution in [3.05, 3.63) is 0 Å². The number of amides is 2. The molecular formula is C14H27N2O2+. The molecule has 4 nitrogen and oxygen atoms in total. The number of piperidine rings is 1. The minimum Gasteiger partial charge on any atom is -0.369 e. The van der Waals surface area contributed by atoms with Crippen LogP contribution in [-0.2, 0) is 9.59 Å². The van der Waals surface area contributed by atoms with Crippen molar-refractivity contribution in [2.75, 3.05) is 0 Å². The smallest absolute Gasteiger partial charge is 0.227 e. The number of quaternary nitrogens is 1. The maximum absolute atomic E-state index is 11.5. The Balaban J connectivity index is 0.00000162. The second kappa shape index (κ2) is 5.00. The summed E-state index contributed by atoms with van der Waals surface area (Å²) in [6.07, 6.45) is 5.49. The number of rotatable bonds is 0. The molecule has 0 aromatic carbocycles. The lowest BCUT2D eigenvalue weighted by molar-refractivity contribution is -0.139. The number of hydrogen-bond donors (Lipinski definition) is 2. The predicted molar refractivity (Wildman–Crippen MR) is 72.2 cm³/mol. The van der Waals surface area contributed by atoms with E-state index in [4.69, 9.17) is 0 Å². The van der Waals surface area contributed by atoms with Crippen LogP contribution in [0.4, 0.5) is 0 Å². The van der Waals surface area contributed by atoms with Gasteiger partial charge in [0.1, 0.15) is 0 Å². The van der Waals surface area contributed by atoms with Gasteiger partial charge >= 0.3 is 0 Å². The van der Waals surface area contributed by atoms with E-state index in [0.717, 1.165) is 31.6 Å². The standard InChI is InChI=1S/C14H23NO2.H3N/c1-13(2,3)10-4-6-14(7-5-10)8-11(16)15-12(17)9-14;/h10H,4-9H2,1-3H3,(H,15,16,17);1H3/p+1. The molecule has 1 saturated carbocycles. The molecule has 1 spiro atoms. The van der Waals surface area contributed by atoms with Gasteiger partial charge in [-0.25, -0.2) is 0 Å². The molecule has 0 atom stereocenters. The van der Waals surface area contributed by atoms with Crippen LogP contribution < -0.4 is 11.5 Å². The minimum atomic E-state index is -0.0736. The normalized spacial score (nSPS) is 24.6. The molecule has 0 bridgehead atoms. The zero-order valence-electron chi connectivity index (χ0n) is 12.1. The van der Waals surface area contributed by atoms with Crippen molar-refractivity contribution >= 4 is 11.8 Å². The average molecular weight is 255 g/mol. The number of carbonyl (C=O) groups is 2.